The van der Waals surface area contributed by atoms with Gasteiger partial charge in [-0.1, -0.05) is 36.4 Å². The Balaban J connectivity index is 1.46. The number of hydrogen-bond donors (Lipinski definition) is 1. The van der Waals surface area contributed by atoms with Crippen LogP contribution in [0.2, 0.25) is 0 Å². The van der Waals surface area contributed by atoms with Crippen LogP contribution in [-0.4, -0.2) is 24.6 Å². The van der Waals surface area contributed by atoms with Crippen LogP contribution in [0.1, 0.15) is 21.5 Å². The summed E-state index contributed by atoms with van der Waals surface area (Å²) in [6.45, 7) is 1.97. The van der Waals surface area contributed by atoms with E-state index >= 15 is 0 Å². The standard InChI is InChI=1S/C24H22N2O3S/c1-16-8-10-22-20(12-16)26(2)24(28)19-13-18(9-11-21(19)29-22)25-23(27)15-30-14-17-6-4-3-5-7-17/h3-13H,14-15H2,1-2H3,(H,25,27). The van der Waals surface area contributed by atoms with Crippen molar-refractivity contribution in [3.8, 4) is 11.5 Å². The molecule has 0 atom stereocenters. The first-order valence-corrected chi connectivity index (χ1v) is 10.8. The van der Waals surface area contributed by atoms with E-state index in [9.17, 15) is 9.59 Å². The van der Waals surface area contributed by atoms with Crippen LogP contribution in [0.25, 0.3) is 0 Å². The van der Waals surface area contributed by atoms with E-state index in [2.05, 4.69) is 5.32 Å². The summed E-state index contributed by atoms with van der Waals surface area (Å²) in [6.07, 6.45) is 0. The lowest BCUT2D eigenvalue weighted by molar-refractivity contribution is -0.113. The molecule has 6 heteroatoms. The second-order valence-corrected chi connectivity index (χ2v) is 8.16. The van der Waals surface area contributed by atoms with Crippen LogP contribution < -0.4 is 15.0 Å². The lowest BCUT2D eigenvalue weighted by Crippen LogP contribution is -2.25. The SMILES string of the molecule is Cc1ccc2c(c1)N(C)C(=O)c1cc(NC(=O)CSCc3ccccc3)ccc1O2. The summed E-state index contributed by atoms with van der Waals surface area (Å²) in [6, 6.07) is 20.9. The van der Waals surface area contributed by atoms with Gasteiger partial charge in [-0.05, 0) is 48.4 Å². The highest BCUT2D eigenvalue weighted by atomic mass is 32.2. The van der Waals surface area contributed by atoms with E-state index in [1.165, 1.54) is 5.56 Å². The Morgan fingerprint density at radius 1 is 1.03 bits per heavy atom. The lowest BCUT2D eigenvalue weighted by Gasteiger charge is -2.16. The molecule has 0 unspecified atom stereocenters. The molecule has 1 aliphatic heterocycles. The number of carbonyl (C=O) groups is 2. The van der Waals surface area contributed by atoms with Gasteiger partial charge in [0.2, 0.25) is 5.91 Å². The fourth-order valence-corrected chi connectivity index (χ4v) is 4.07. The van der Waals surface area contributed by atoms with E-state index in [-0.39, 0.29) is 11.8 Å². The third-order valence-electron chi connectivity index (χ3n) is 4.84. The first-order chi connectivity index (χ1) is 14.5. The van der Waals surface area contributed by atoms with Crippen molar-refractivity contribution in [3.05, 3.63) is 83.4 Å². The van der Waals surface area contributed by atoms with Crippen molar-refractivity contribution in [2.24, 2.45) is 0 Å². The molecule has 3 aromatic rings. The number of fused-ring (bicyclic) bond motifs is 2. The predicted molar refractivity (Wildman–Crippen MR) is 122 cm³/mol. The van der Waals surface area contributed by atoms with E-state index in [0.29, 0.717) is 28.5 Å². The summed E-state index contributed by atoms with van der Waals surface area (Å²) in [5.41, 5.74) is 3.94. The number of carbonyl (C=O) groups excluding carboxylic acids is 2. The molecule has 0 bridgehead atoms. The van der Waals surface area contributed by atoms with Gasteiger partial charge in [-0.3, -0.25) is 9.59 Å². The van der Waals surface area contributed by atoms with Crippen molar-refractivity contribution < 1.29 is 14.3 Å². The monoisotopic (exact) mass is 418 g/mol. The minimum atomic E-state index is -0.177. The maximum atomic E-state index is 13.0. The molecule has 4 rings (SSSR count). The average molecular weight is 419 g/mol. The smallest absolute Gasteiger partial charge is 0.261 e. The Kier molecular flexibility index (Phi) is 5.77. The molecule has 30 heavy (non-hydrogen) atoms. The fourth-order valence-electron chi connectivity index (χ4n) is 3.28. The van der Waals surface area contributed by atoms with Gasteiger partial charge in [0.1, 0.15) is 5.75 Å². The van der Waals surface area contributed by atoms with Gasteiger partial charge in [0.05, 0.1) is 17.0 Å². The van der Waals surface area contributed by atoms with Gasteiger partial charge in [-0.25, -0.2) is 0 Å². The number of ether oxygens (including phenoxy) is 1. The summed E-state index contributed by atoms with van der Waals surface area (Å²) in [5, 5.41) is 2.88. The van der Waals surface area contributed by atoms with Crippen LogP contribution in [0.5, 0.6) is 11.5 Å². The maximum Gasteiger partial charge on any atom is 0.261 e. The quantitative estimate of drug-likeness (QED) is 0.615. The average Bonchev–Trinajstić information content (AvgIpc) is 2.84. The van der Waals surface area contributed by atoms with Crippen molar-refractivity contribution in [1.82, 2.24) is 0 Å². The van der Waals surface area contributed by atoms with Gasteiger partial charge in [0, 0.05) is 18.5 Å². The molecule has 1 aliphatic rings. The first-order valence-electron chi connectivity index (χ1n) is 9.63. The van der Waals surface area contributed by atoms with Crippen LogP contribution in [0.15, 0.2) is 66.7 Å². The summed E-state index contributed by atoms with van der Waals surface area (Å²) < 4.78 is 5.99. The van der Waals surface area contributed by atoms with Crippen molar-refractivity contribution >= 4 is 35.0 Å². The maximum absolute atomic E-state index is 13.0. The zero-order valence-corrected chi connectivity index (χ0v) is 17.7. The van der Waals surface area contributed by atoms with E-state index in [4.69, 9.17) is 4.74 Å². The van der Waals surface area contributed by atoms with Crippen molar-refractivity contribution in [2.75, 3.05) is 23.0 Å². The minimum absolute atomic E-state index is 0.106. The molecule has 0 radical (unpaired) electrons. The Hall–Kier alpha value is -3.25. The van der Waals surface area contributed by atoms with Gasteiger partial charge in [0.25, 0.3) is 5.91 Å². The van der Waals surface area contributed by atoms with Crippen LogP contribution in [0, 0.1) is 6.92 Å². The highest BCUT2D eigenvalue weighted by Crippen LogP contribution is 2.39. The normalized spacial score (nSPS) is 12.5. The Morgan fingerprint density at radius 3 is 2.60 bits per heavy atom. The summed E-state index contributed by atoms with van der Waals surface area (Å²) in [4.78, 5) is 26.9. The number of anilines is 2. The molecule has 5 nitrogen and oxygen atoms in total. The summed E-state index contributed by atoms with van der Waals surface area (Å²) in [5.74, 6) is 1.93. The molecule has 1 N–H and O–H groups in total. The molecule has 0 spiro atoms. The molecular weight excluding hydrogens is 396 g/mol. The largest absolute Gasteiger partial charge is 0.454 e. The fraction of sp³-hybridized carbons (Fsp3) is 0.167. The van der Waals surface area contributed by atoms with E-state index < -0.39 is 0 Å². The Morgan fingerprint density at radius 2 is 1.80 bits per heavy atom. The lowest BCUT2D eigenvalue weighted by atomic mass is 10.1. The second-order valence-electron chi connectivity index (χ2n) is 7.17. The molecule has 152 valence electrons. The van der Waals surface area contributed by atoms with Crippen LogP contribution in [0.3, 0.4) is 0 Å². The number of hydrogen-bond acceptors (Lipinski definition) is 4. The minimum Gasteiger partial charge on any atom is -0.454 e. The number of aryl methyl sites for hydroxylation is 1. The molecule has 3 aromatic carbocycles. The first kappa shape index (κ1) is 20.0. The molecule has 0 aromatic heterocycles. The predicted octanol–water partition coefficient (Wildman–Crippen LogP) is 5.25. The van der Waals surface area contributed by atoms with E-state index in [1.807, 2.05) is 55.5 Å². The highest BCUT2D eigenvalue weighted by Gasteiger charge is 2.26. The molecular formula is C24H22N2O3S. The van der Waals surface area contributed by atoms with Crippen molar-refractivity contribution in [1.29, 1.82) is 0 Å². The van der Waals surface area contributed by atoms with Crippen LogP contribution >= 0.6 is 11.8 Å². The number of benzene rings is 3. The second kappa shape index (κ2) is 8.63. The Bertz CT molecular complexity index is 1100. The Labute approximate surface area is 180 Å². The zero-order valence-electron chi connectivity index (χ0n) is 16.8. The number of rotatable bonds is 5. The molecule has 0 fully saturated rings. The third kappa shape index (κ3) is 4.33. The molecule has 0 saturated heterocycles. The molecule has 2 amide bonds. The topological polar surface area (TPSA) is 58.6 Å². The molecule has 1 heterocycles. The van der Waals surface area contributed by atoms with E-state index in [0.717, 1.165) is 17.0 Å². The number of amides is 2. The van der Waals surface area contributed by atoms with Crippen molar-refractivity contribution in [3.63, 3.8) is 0 Å². The summed E-state index contributed by atoms with van der Waals surface area (Å²) >= 11 is 1.55. The van der Waals surface area contributed by atoms with Crippen LogP contribution in [-0.2, 0) is 10.5 Å². The van der Waals surface area contributed by atoms with E-state index in [1.54, 1.807) is 41.9 Å². The zero-order chi connectivity index (χ0) is 21.1. The van der Waals surface area contributed by atoms with Crippen LogP contribution in [0.4, 0.5) is 11.4 Å². The van der Waals surface area contributed by atoms with Crippen molar-refractivity contribution in [2.45, 2.75) is 12.7 Å². The third-order valence-corrected chi connectivity index (χ3v) is 5.84. The number of nitrogens with zero attached hydrogens (tertiary/aromatic N) is 1. The van der Waals surface area contributed by atoms with Gasteiger partial charge >= 0.3 is 0 Å². The number of nitrogens with one attached hydrogen (secondary N) is 1. The number of thioether (sulfide) groups is 1. The molecule has 0 aliphatic carbocycles. The van der Waals surface area contributed by atoms with Gasteiger partial charge in [-0.2, -0.15) is 0 Å². The van der Waals surface area contributed by atoms with Gasteiger partial charge < -0.3 is 15.0 Å². The van der Waals surface area contributed by atoms with Gasteiger partial charge in [0.15, 0.2) is 5.75 Å². The molecule has 0 saturated carbocycles. The summed E-state index contributed by atoms with van der Waals surface area (Å²) in [7, 11) is 1.73. The highest BCUT2D eigenvalue weighted by molar-refractivity contribution is 7.99. The van der Waals surface area contributed by atoms with Gasteiger partial charge in [-0.15, -0.1) is 11.8 Å².